The van der Waals surface area contributed by atoms with Crippen molar-refractivity contribution in [1.82, 2.24) is 25.1 Å². The number of aromatic nitrogens is 5. The fourth-order valence-corrected chi connectivity index (χ4v) is 1.35. The lowest BCUT2D eigenvalue weighted by atomic mass is 10.4. The van der Waals surface area contributed by atoms with E-state index in [1.165, 1.54) is 4.68 Å². The molecule has 0 unspecified atom stereocenters. The van der Waals surface area contributed by atoms with Gasteiger partial charge in [-0.25, -0.2) is 4.68 Å². The van der Waals surface area contributed by atoms with E-state index >= 15 is 0 Å². The predicted octanol–water partition coefficient (Wildman–Crippen LogP) is 0.552. The maximum atomic E-state index is 5.44. The van der Waals surface area contributed by atoms with Gasteiger partial charge in [0.1, 0.15) is 6.54 Å². The zero-order valence-corrected chi connectivity index (χ0v) is 8.65. The molecule has 0 spiro atoms. The molecule has 8 heteroatoms. The third-order valence-corrected chi connectivity index (χ3v) is 2.06. The highest BCUT2D eigenvalue weighted by molar-refractivity contribution is 5.44. The number of hydrogen-bond acceptors (Lipinski definition) is 7. The highest BCUT2D eigenvalue weighted by atomic mass is 16.5. The maximum absolute atomic E-state index is 5.44. The number of rotatable bonds is 3. The van der Waals surface area contributed by atoms with E-state index in [1.54, 1.807) is 24.6 Å². The van der Waals surface area contributed by atoms with Gasteiger partial charge >= 0.3 is 0 Å². The molecule has 0 radical (unpaired) electrons. The molecule has 0 saturated carbocycles. The highest BCUT2D eigenvalue weighted by Gasteiger charge is 2.11. The van der Waals surface area contributed by atoms with Gasteiger partial charge in [0.25, 0.3) is 0 Å². The fourth-order valence-electron chi connectivity index (χ4n) is 1.35. The quantitative estimate of drug-likeness (QED) is 0.702. The number of furan rings is 1. The molecule has 3 aromatic heterocycles. The Morgan fingerprint density at radius 3 is 3.06 bits per heavy atom. The lowest BCUT2D eigenvalue weighted by Gasteiger charge is -1.91. The highest BCUT2D eigenvalue weighted by Crippen LogP contribution is 2.15. The fraction of sp³-hybridized carbons (Fsp3) is 0.111. The summed E-state index contributed by atoms with van der Waals surface area (Å²) < 4.78 is 11.7. The number of nitrogens with two attached hydrogens (primary N) is 1. The normalized spacial score (nSPS) is 10.8. The van der Waals surface area contributed by atoms with Crippen molar-refractivity contribution in [3.8, 4) is 11.6 Å². The molecule has 0 saturated heterocycles. The maximum Gasteiger partial charge on any atom is 0.248 e. The van der Waals surface area contributed by atoms with Gasteiger partial charge in [0.15, 0.2) is 11.6 Å². The lowest BCUT2D eigenvalue weighted by molar-refractivity contribution is 0.364. The van der Waals surface area contributed by atoms with Crippen molar-refractivity contribution in [1.29, 1.82) is 0 Å². The molecule has 0 aliphatic rings. The lowest BCUT2D eigenvalue weighted by Crippen LogP contribution is -2.00. The van der Waals surface area contributed by atoms with Crippen molar-refractivity contribution in [3.05, 3.63) is 30.5 Å². The molecule has 0 amide bonds. The first-order chi connectivity index (χ1) is 8.31. The van der Waals surface area contributed by atoms with Crippen molar-refractivity contribution in [2.24, 2.45) is 0 Å². The Hall–Kier alpha value is -2.64. The molecule has 0 fully saturated rings. The first-order valence-electron chi connectivity index (χ1n) is 4.83. The van der Waals surface area contributed by atoms with Crippen LogP contribution in [0.25, 0.3) is 11.6 Å². The Labute approximate surface area is 95.0 Å². The van der Waals surface area contributed by atoms with E-state index in [9.17, 15) is 0 Å². The minimum Gasteiger partial charge on any atom is -0.461 e. The Morgan fingerprint density at radius 2 is 2.35 bits per heavy atom. The second kappa shape index (κ2) is 3.74. The minimum atomic E-state index is 0.317. The summed E-state index contributed by atoms with van der Waals surface area (Å²) in [4.78, 5) is 4.16. The molecule has 2 N–H and O–H groups in total. The molecule has 3 rings (SSSR count). The molecule has 86 valence electrons. The van der Waals surface area contributed by atoms with Gasteiger partial charge in [0.2, 0.25) is 11.7 Å². The van der Waals surface area contributed by atoms with Crippen LogP contribution in [0.5, 0.6) is 0 Å². The molecule has 0 bridgehead atoms. The third kappa shape index (κ3) is 1.87. The summed E-state index contributed by atoms with van der Waals surface area (Å²) in [6.07, 6.45) is 3.13. The number of nitrogens with zero attached hydrogens (tertiary/aromatic N) is 5. The van der Waals surface area contributed by atoms with Crippen molar-refractivity contribution >= 4 is 5.82 Å². The standard InChI is InChI=1S/C9H8N6O2/c10-7-4-15(14-12-7)5-8-11-9(13-17-8)6-2-1-3-16-6/h1-4H,5,10H2. The molecule has 0 aliphatic carbocycles. The molecule has 0 aromatic carbocycles. The van der Waals surface area contributed by atoms with Crippen LogP contribution >= 0.6 is 0 Å². The Bertz CT molecular complexity index is 611. The van der Waals surface area contributed by atoms with Gasteiger partial charge in [-0.15, -0.1) is 5.10 Å². The largest absolute Gasteiger partial charge is 0.461 e. The average molecular weight is 232 g/mol. The summed E-state index contributed by atoms with van der Waals surface area (Å²) in [7, 11) is 0. The Balaban J connectivity index is 1.81. The molecule has 0 atom stereocenters. The van der Waals surface area contributed by atoms with Crippen molar-refractivity contribution < 1.29 is 8.94 Å². The molecule has 17 heavy (non-hydrogen) atoms. The summed E-state index contributed by atoms with van der Waals surface area (Å²) in [5, 5.41) is 11.2. The van der Waals surface area contributed by atoms with Gasteiger partial charge in [-0.1, -0.05) is 10.4 Å². The smallest absolute Gasteiger partial charge is 0.248 e. The summed E-state index contributed by atoms with van der Waals surface area (Å²) in [5.74, 6) is 1.70. The third-order valence-electron chi connectivity index (χ3n) is 2.06. The summed E-state index contributed by atoms with van der Waals surface area (Å²) in [6.45, 7) is 0.317. The van der Waals surface area contributed by atoms with Crippen molar-refractivity contribution in [2.45, 2.75) is 6.54 Å². The van der Waals surface area contributed by atoms with Crippen LogP contribution in [-0.2, 0) is 6.54 Å². The van der Waals surface area contributed by atoms with Crippen LogP contribution in [0.3, 0.4) is 0 Å². The molecular formula is C9H8N6O2. The van der Waals surface area contributed by atoms with E-state index in [0.29, 0.717) is 29.8 Å². The van der Waals surface area contributed by atoms with Crippen LogP contribution in [0.2, 0.25) is 0 Å². The van der Waals surface area contributed by atoms with Gasteiger partial charge in [0.05, 0.1) is 12.5 Å². The van der Waals surface area contributed by atoms with E-state index in [4.69, 9.17) is 14.7 Å². The summed E-state index contributed by atoms with van der Waals surface area (Å²) in [5.41, 5.74) is 5.44. The monoisotopic (exact) mass is 232 g/mol. The Kier molecular flexibility index (Phi) is 2.11. The van der Waals surface area contributed by atoms with Crippen LogP contribution in [0.1, 0.15) is 5.89 Å². The van der Waals surface area contributed by atoms with Gasteiger partial charge in [-0.05, 0) is 12.1 Å². The van der Waals surface area contributed by atoms with Gasteiger partial charge in [0, 0.05) is 0 Å². The summed E-state index contributed by atoms with van der Waals surface area (Å²) >= 11 is 0. The zero-order chi connectivity index (χ0) is 11.7. The molecule has 3 heterocycles. The van der Waals surface area contributed by atoms with Gasteiger partial charge in [-0.3, -0.25) is 0 Å². The number of nitrogen functional groups attached to an aromatic ring is 1. The predicted molar refractivity (Wildman–Crippen MR) is 55.5 cm³/mol. The van der Waals surface area contributed by atoms with E-state index in [1.807, 2.05) is 0 Å². The van der Waals surface area contributed by atoms with Crippen molar-refractivity contribution in [3.63, 3.8) is 0 Å². The second-order valence-corrected chi connectivity index (χ2v) is 3.33. The zero-order valence-electron chi connectivity index (χ0n) is 8.65. The minimum absolute atomic E-state index is 0.317. The molecular weight excluding hydrogens is 224 g/mol. The molecule has 8 nitrogen and oxygen atoms in total. The first kappa shape index (κ1) is 9.58. The first-order valence-corrected chi connectivity index (χ1v) is 4.83. The van der Waals surface area contributed by atoms with Crippen molar-refractivity contribution in [2.75, 3.05) is 5.73 Å². The van der Waals surface area contributed by atoms with E-state index in [-0.39, 0.29) is 0 Å². The van der Waals surface area contributed by atoms with E-state index in [2.05, 4.69) is 20.5 Å². The summed E-state index contributed by atoms with van der Waals surface area (Å²) in [6, 6.07) is 3.51. The van der Waals surface area contributed by atoms with Crippen LogP contribution < -0.4 is 5.73 Å². The van der Waals surface area contributed by atoms with Gasteiger partial charge in [-0.2, -0.15) is 4.98 Å². The molecule has 3 aromatic rings. The van der Waals surface area contributed by atoms with E-state index in [0.717, 1.165) is 0 Å². The Morgan fingerprint density at radius 1 is 1.41 bits per heavy atom. The topological polar surface area (TPSA) is 109 Å². The van der Waals surface area contributed by atoms with Crippen LogP contribution in [-0.4, -0.2) is 25.1 Å². The average Bonchev–Trinajstić information content (AvgIpc) is 3.00. The van der Waals surface area contributed by atoms with Crippen LogP contribution in [0.4, 0.5) is 5.82 Å². The van der Waals surface area contributed by atoms with E-state index < -0.39 is 0 Å². The molecule has 0 aliphatic heterocycles. The number of hydrogen-bond donors (Lipinski definition) is 1. The van der Waals surface area contributed by atoms with Crippen LogP contribution in [0.15, 0.2) is 33.5 Å². The SMILES string of the molecule is Nc1cn(Cc2nc(-c3ccco3)no2)nn1. The second-order valence-electron chi connectivity index (χ2n) is 3.33. The van der Waals surface area contributed by atoms with Gasteiger partial charge < -0.3 is 14.7 Å². The number of anilines is 1. The van der Waals surface area contributed by atoms with Crippen LogP contribution in [0, 0.1) is 0 Å².